The average molecular weight is 443 g/mol. The number of fused-ring (bicyclic) bond motifs is 1. The van der Waals surface area contributed by atoms with Gasteiger partial charge in [-0.3, -0.25) is 0 Å². The zero-order chi connectivity index (χ0) is 22.8. The third kappa shape index (κ3) is 5.76. The molecular weight excluding hydrogens is 404 g/mol. The number of hydrogen-bond acceptors (Lipinski definition) is 4. The van der Waals surface area contributed by atoms with Gasteiger partial charge in [-0.15, -0.1) is 11.8 Å². The van der Waals surface area contributed by atoms with E-state index in [2.05, 4.69) is 50.5 Å². The van der Waals surface area contributed by atoms with Crippen molar-refractivity contribution in [2.24, 2.45) is 11.3 Å². The van der Waals surface area contributed by atoms with E-state index in [9.17, 15) is 15.3 Å². The maximum Gasteiger partial charge on any atom is 0.119 e. The molecule has 0 bridgehead atoms. The smallest absolute Gasteiger partial charge is 0.119 e. The van der Waals surface area contributed by atoms with Crippen LogP contribution in [0.5, 0.6) is 0 Å². The Hall–Kier alpha value is -1.25. The quantitative estimate of drug-likeness (QED) is 0.426. The predicted octanol–water partition coefficient (Wildman–Crippen LogP) is 4.94. The zero-order valence-electron chi connectivity index (χ0n) is 19.4. The number of thioether (sulfide) groups is 1. The van der Waals surface area contributed by atoms with Gasteiger partial charge < -0.3 is 15.3 Å². The van der Waals surface area contributed by atoms with E-state index in [0.717, 1.165) is 29.7 Å². The molecule has 0 amide bonds. The van der Waals surface area contributed by atoms with Crippen LogP contribution in [-0.4, -0.2) is 44.1 Å². The van der Waals surface area contributed by atoms with Crippen molar-refractivity contribution in [1.82, 2.24) is 0 Å². The van der Waals surface area contributed by atoms with Gasteiger partial charge in [0.1, 0.15) is 5.60 Å². The van der Waals surface area contributed by atoms with Gasteiger partial charge in [0.25, 0.3) is 0 Å². The summed E-state index contributed by atoms with van der Waals surface area (Å²) < 4.78 is 0. The molecule has 0 aromatic rings. The maximum absolute atomic E-state index is 10.1. The molecule has 1 unspecified atom stereocenters. The Kier molecular flexibility index (Phi) is 7.64. The first-order chi connectivity index (χ1) is 14.5. The van der Waals surface area contributed by atoms with Crippen molar-refractivity contribution in [3.05, 3.63) is 47.1 Å². The fourth-order valence-electron chi connectivity index (χ4n) is 5.46. The topological polar surface area (TPSA) is 60.7 Å². The van der Waals surface area contributed by atoms with Crippen molar-refractivity contribution in [3.8, 4) is 11.8 Å². The molecule has 0 aliphatic heterocycles. The summed E-state index contributed by atoms with van der Waals surface area (Å²) in [6.07, 6.45) is 11.2. The van der Waals surface area contributed by atoms with Gasteiger partial charge in [-0.05, 0) is 75.4 Å². The van der Waals surface area contributed by atoms with Crippen molar-refractivity contribution >= 4 is 11.8 Å². The summed E-state index contributed by atoms with van der Waals surface area (Å²) in [6, 6.07) is 0. The first-order valence-corrected chi connectivity index (χ1v) is 12.6. The van der Waals surface area contributed by atoms with Crippen molar-refractivity contribution in [1.29, 1.82) is 0 Å². The zero-order valence-corrected chi connectivity index (χ0v) is 20.3. The molecule has 3 aliphatic rings. The summed E-state index contributed by atoms with van der Waals surface area (Å²) in [5.74, 6) is 7.26. The molecular formula is C27H38O3S. The van der Waals surface area contributed by atoms with E-state index in [4.69, 9.17) is 0 Å². The number of rotatable bonds is 4. The minimum absolute atomic E-state index is 0.182. The second-order valence-corrected chi connectivity index (χ2v) is 11.4. The van der Waals surface area contributed by atoms with E-state index >= 15 is 0 Å². The van der Waals surface area contributed by atoms with E-state index in [1.54, 1.807) is 19.4 Å². The van der Waals surface area contributed by atoms with E-state index in [1.807, 2.05) is 11.8 Å². The van der Waals surface area contributed by atoms with Crippen molar-refractivity contribution in [2.75, 3.05) is 5.75 Å². The first kappa shape index (κ1) is 24.4. The van der Waals surface area contributed by atoms with E-state index < -0.39 is 17.8 Å². The molecule has 4 heteroatoms. The molecule has 2 saturated carbocycles. The largest absolute Gasteiger partial charge is 0.393 e. The molecule has 0 radical (unpaired) electrons. The molecule has 3 rings (SSSR count). The highest BCUT2D eigenvalue weighted by Gasteiger charge is 2.46. The summed E-state index contributed by atoms with van der Waals surface area (Å²) in [7, 11) is 0. The molecule has 170 valence electrons. The van der Waals surface area contributed by atoms with Gasteiger partial charge in [-0.2, -0.15) is 0 Å². The molecule has 3 nitrogen and oxygen atoms in total. The van der Waals surface area contributed by atoms with Gasteiger partial charge in [-0.1, -0.05) is 54.7 Å². The van der Waals surface area contributed by atoms with E-state index in [0.29, 0.717) is 24.0 Å². The Morgan fingerprint density at radius 3 is 2.81 bits per heavy atom. The fraction of sp³-hybridized carbons (Fsp3) is 0.630. The summed E-state index contributed by atoms with van der Waals surface area (Å²) in [6.45, 7) is 12.2. The Labute approximate surface area is 192 Å². The average Bonchev–Trinajstić information content (AvgIpc) is 3.03. The number of aliphatic hydroxyl groups excluding tert-OH is 2. The monoisotopic (exact) mass is 442 g/mol. The normalized spacial score (nSPS) is 34.9. The molecule has 0 saturated heterocycles. The van der Waals surface area contributed by atoms with Crippen LogP contribution in [0, 0.1) is 23.2 Å². The number of aliphatic hydroxyl groups is 3. The van der Waals surface area contributed by atoms with Crippen molar-refractivity contribution in [3.63, 3.8) is 0 Å². The molecule has 2 fully saturated rings. The summed E-state index contributed by atoms with van der Waals surface area (Å²) in [4.78, 5) is 0. The van der Waals surface area contributed by atoms with Crippen molar-refractivity contribution < 1.29 is 15.3 Å². The molecule has 3 aliphatic carbocycles. The van der Waals surface area contributed by atoms with Crippen LogP contribution < -0.4 is 0 Å². The minimum atomic E-state index is -0.930. The summed E-state index contributed by atoms with van der Waals surface area (Å²) in [5.41, 5.74) is 4.00. The third-order valence-corrected chi connectivity index (χ3v) is 8.18. The van der Waals surface area contributed by atoms with Crippen LogP contribution in [0.25, 0.3) is 0 Å². The lowest BCUT2D eigenvalue weighted by Crippen LogP contribution is -2.33. The van der Waals surface area contributed by atoms with Crippen LogP contribution in [-0.2, 0) is 0 Å². The fourth-order valence-corrected chi connectivity index (χ4v) is 6.41. The first-order valence-electron chi connectivity index (χ1n) is 11.5. The van der Waals surface area contributed by atoms with Gasteiger partial charge in [0.05, 0.1) is 18.0 Å². The van der Waals surface area contributed by atoms with E-state index in [1.165, 1.54) is 18.4 Å². The third-order valence-electron chi connectivity index (χ3n) is 7.11. The van der Waals surface area contributed by atoms with Gasteiger partial charge in [0.2, 0.25) is 0 Å². The lowest BCUT2D eigenvalue weighted by Gasteiger charge is -2.42. The summed E-state index contributed by atoms with van der Waals surface area (Å²) >= 11 is 1.86. The second-order valence-electron chi connectivity index (χ2n) is 10.1. The lowest BCUT2D eigenvalue weighted by atomic mass is 9.64. The molecule has 3 N–H and O–H groups in total. The molecule has 31 heavy (non-hydrogen) atoms. The van der Waals surface area contributed by atoms with E-state index in [-0.39, 0.29) is 5.41 Å². The summed E-state index contributed by atoms with van der Waals surface area (Å²) in [5, 5.41) is 30.3. The van der Waals surface area contributed by atoms with Crippen molar-refractivity contribution in [2.45, 2.75) is 89.3 Å². The maximum atomic E-state index is 10.1. The highest BCUT2D eigenvalue weighted by Crippen LogP contribution is 2.56. The predicted molar refractivity (Wildman–Crippen MR) is 131 cm³/mol. The van der Waals surface area contributed by atoms with Crippen LogP contribution in [0.1, 0.15) is 66.2 Å². The highest BCUT2D eigenvalue weighted by molar-refractivity contribution is 8.00. The molecule has 0 spiro atoms. The Morgan fingerprint density at radius 1 is 1.35 bits per heavy atom. The molecule has 5 atom stereocenters. The number of hydrogen-bond donors (Lipinski definition) is 3. The molecule has 0 heterocycles. The van der Waals surface area contributed by atoms with Gasteiger partial charge >= 0.3 is 0 Å². The Morgan fingerprint density at radius 2 is 2.10 bits per heavy atom. The van der Waals surface area contributed by atoms with Gasteiger partial charge in [0.15, 0.2) is 0 Å². The SMILES string of the molecule is C=C1/C(=C\C=C2/CCC[C@]3(C)C([C@H](C)SCC#CC(C)(C)O)=CCC23)C[C@@H](O)C[C@@H]1O. The lowest BCUT2D eigenvalue weighted by molar-refractivity contribution is 0.0862. The number of allylic oxidation sites excluding steroid dienone is 4. The standard InChI is InChI=1S/C27H38O3S/c1-18-21(16-22(28)17-25(18)29)10-9-20-8-6-14-27(5)23(11-12-24(20)27)19(2)31-15-7-13-26(3,4)30/h9-11,19,22,24-25,28-30H,1,6,8,12,14-17H2,2-5H3/b20-9+,21-10-/t19-,22+,24?,25-,27+/m0/s1. The minimum Gasteiger partial charge on any atom is -0.393 e. The van der Waals surface area contributed by atoms with Crippen LogP contribution in [0.4, 0.5) is 0 Å². The van der Waals surface area contributed by atoms with Crippen LogP contribution in [0.15, 0.2) is 47.1 Å². The Bertz CT molecular complexity index is 848. The second kappa shape index (κ2) is 9.71. The Balaban J connectivity index is 1.71. The van der Waals surface area contributed by atoms with Crippen LogP contribution in [0.2, 0.25) is 0 Å². The van der Waals surface area contributed by atoms with Gasteiger partial charge in [0, 0.05) is 11.7 Å². The van der Waals surface area contributed by atoms with Gasteiger partial charge in [-0.25, -0.2) is 0 Å². The van der Waals surface area contributed by atoms with Crippen LogP contribution in [0.3, 0.4) is 0 Å². The molecule has 0 aromatic heterocycles. The highest BCUT2D eigenvalue weighted by atomic mass is 32.2. The molecule has 0 aromatic carbocycles. The van der Waals surface area contributed by atoms with Crippen LogP contribution >= 0.6 is 11.8 Å².